The molecule has 1 aromatic heterocycles. The Morgan fingerprint density at radius 2 is 1.89 bits per heavy atom. The average Bonchev–Trinajstić information content (AvgIpc) is 2.35. The van der Waals surface area contributed by atoms with E-state index in [1.54, 1.807) is 30.3 Å². The largest absolute Gasteiger partial charge is 0.276 e. The van der Waals surface area contributed by atoms with Crippen LogP contribution in [0.1, 0.15) is 11.1 Å². The molecule has 0 aliphatic carbocycles. The lowest BCUT2D eigenvalue weighted by Gasteiger charge is -2.10. The number of aryl methyl sites for hydroxylation is 2. The summed E-state index contributed by atoms with van der Waals surface area (Å²) in [7, 11) is -3.65. The van der Waals surface area contributed by atoms with Gasteiger partial charge >= 0.3 is 0 Å². The van der Waals surface area contributed by atoms with Crippen molar-refractivity contribution in [2.45, 2.75) is 18.7 Å². The van der Waals surface area contributed by atoms with Crippen molar-refractivity contribution < 1.29 is 8.42 Å². The number of nitrogens with zero attached hydrogens (tertiary/aromatic N) is 1. The zero-order valence-electron chi connectivity index (χ0n) is 10.5. The van der Waals surface area contributed by atoms with E-state index in [2.05, 4.69) is 9.71 Å². The van der Waals surface area contributed by atoms with Gasteiger partial charge in [-0.3, -0.25) is 4.72 Å². The van der Waals surface area contributed by atoms with Crippen molar-refractivity contribution in [1.29, 1.82) is 0 Å². The summed E-state index contributed by atoms with van der Waals surface area (Å²) < 4.78 is 26.9. The lowest BCUT2D eigenvalue weighted by atomic mass is 10.1. The van der Waals surface area contributed by atoms with Gasteiger partial charge in [0, 0.05) is 6.20 Å². The number of rotatable bonds is 3. The number of benzene rings is 1. The minimum atomic E-state index is -3.65. The van der Waals surface area contributed by atoms with E-state index in [0.717, 1.165) is 11.1 Å². The van der Waals surface area contributed by atoms with Crippen LogP contribution >= 0.6 is 11.6 Å². The van der Waals surface area contributed by atoms with Crippen LogP contribution < -0.4 is 4.72 Å². The molecule has 1 aromatic carbocycles. The maximum Gasteiger partial charge on any atom is 0.262 e. The highest BCUT2D eigenvalue weighted by Crippen LogP contribution is 2.22. The van der Waals surface area contributed by atoms with Gasteiger partial charge in [0.1, 0.15) is 0 Å². The first-order valence-electron chi connectivity index (χ1n) is 5.61. The molecule has 2 rings (SSSR count). The van der Waals surface area contributed by atoms with Gasteiger partial charge in [-0.2, -0.15) is 0 Å². The number of anilines is 1. The van der Waals surface area contributed by atoms with Crippen molar-refractivity contribution >= 4 is 27.3 Å². The minimum Gasteiger partial charge on any atom is -0.276 e. The highest BCUT2D eigenvalue weighted by molar-refractivity contribution is 7.92. The fourth-order valence-corrected chi connectivity index (χ4v) is 2.92. The maximum absolute atomic E-state index is 12.2. The van der Waals surface area contributed by atoms with Gasteiger partial charge in [-0.25, -0.2) is 13.4 Å². The monoisotopic (exact) mass is 296 g/mol. The van der Waals surface area contributed by atoms with Gasteiger partial charge in [0.2, 0.25) is 0 Å². The smallest absolute Gasteiger partial charge is 0.262 e. The Morgan fingerprint density at radius 3 is 2.53 bits per heavy atom. The molecule has 0 saturated heterocycles. The minimum absolute atomic E-state index is 0.120. The molecule has 0 atom stereocenters. The van der Waals surface area contributed by atoms with Gasteiger partial charge in [-0.1, -0.05) is 17.7 Å². The first kappa shape index (κ1) is 13.8. The summed E-state index contributed by atoms with van der Waals surface area (Å²) in [5.41, 5.74) is 2.22. The number of halogens is 1. The number of aromatic nitrogens is 1. The summed E-state index contributed by atoms with van der Waals surface area (Å²) in [6.45, 7) is 3.79. The van der Waals surface area contributed by atoms with E-state index in [9.17, 15) is 8.42 Å². The van der Waals surface area contributed by atoms with Crippen LogP contribution in [0.25, 0.3) is 0 Å². The molecule has 19 heavy (non-hydrogen) atoms. The third kappa shape index (κ3) is 3.05. The predicted molar refractivity (Wildman–Crippen MR) is 76.0 cm³/mol. The molecule has 4 nitrogen and oxygen atoms in total. The molecule has 100 valence electrons. The van der Waals surface area contributed by atoms with Crippen molar-refractivity contribution in [3.8, 4) is 0 Å². The Kier molecular flexibility index (Phi) is 3.78. The Labute approximate surface area is 117 Å². The standard InChI is InChI=1S/C13H13ClN2O2S/c1-9-5-6-11(8-10(9)2)19(17,18)16-12-4-3-7-15-13(12)14/h3-8,16H,1-2H3. The second-order valence-corrected chi connectivity index (χ2v) is 6.23. The zero-order valence-corrected chi connectivity index (χ0v) is 12.1. The first-order valence-corrected chi connectivity index (χ1v) is 7.47. The topological polar surface area (TPSA) is 59.1 Å². The van der Waals surface area contributed by atoms with Crippen LogP contribution in [0.4, 0.5) is 5.69 Å². The van der Waals surface area contributed by atoms with E-state index < -0.39 is 10.0 Å². The summed E-state index contributed by atoms with van der Waals surface area (Å²) in [5, 5.41) is 0.120. The van der Waals surface area contributed by atoms with Crippen LogP contribution in [0.3, 0.4) is 0 Å². The molecule has 0 bridgehead atoms. The Hall–Kier alpha value is -1.59. The van der Waals surface area contributed by atoms with E-state index in [1.165, 1.54) is 6.20 Å². The van der Waals surface area contributed by atoms with Gasteiger partial charge in [-0.05, 0) is 49.2 Å². The van der Waals surface area contributed by atoms with Gasteiger partial charge in [0.15, 0.2) is 5.15 Å². The van der Waals surface area contributed by atoms with E-state index in [0.29, 0.717) is 0 Å². The molecule has 0 aliphatic rings. The molecule has 0 aliphatic heterocycles. The first-order chi connectivity index (χ1) is 8.90. The second-order valence-electron chi connectivity index (χ2n) is 4.19. The molecule has 2 aromatic rings. The molecular formula is C13H13ClN2O2S. The highest BCUT2D eigenvalue weighted by Gasteiger charge is 2.16. The molecule has 0 fully saturated rings. The van der Waals surface area contributed by atoms with Crippen LogP contribution in [0.2, 0.25) is 5.15 Å². The molecule has 0 saturated carbocycles. The quantitative estimate of drug-likeness (QED) is 0.885. The van der Waals surface area contributed by atoms with E-state index in [-0.39, 0.29) is 15.7 Å². The molecule has 1 N–H and O–H groups in total. The van der Waals surface area contributed by atoms with Crippen molar-refractivity contribution in [2.75, 3.05) is 4.72 Å². The second kappa shape index (κ2) is 5.19. The molecule has 6 heteroatoms. The Bertz CT molecular complexity index is 714. The highest BCUT2D eigenvalue weighted by atomic mass is 35.5. The van der Waals surface area contributed by atoms with E-state index >= 15 is 0 Å². The summed E-state index contributed by atoms with van der Waals surface area (Å²) in [6, 6.07) is 8.14. The molecule has 0 unspecified atom stereocenters. The predicted octanol–water partition coefficient (Wildman–Crippen LogP) is 3.15. The van der Waals surface area contributed by atoms with Gasteiger partial charge in [0.25, 0.3) is 10.0 Å². The Morgan fingerprint density at radius 1 is 1.16 bits per heavy atom. The average molecular weight is 297 g/mol. The zero-order chi connectivity index (χ0) is 14.0. The summed E-state index contributed by atoms with van der Waals surface area (Å²) in [6.07, 6.45) is 1.50. The molecule has 0 radical (unpaired) electrons. The maximum atomic E-state index is 12.2. The lowest BCUT2D eigenvalue weighted by Crippen LogP contribution is -2.13. The van der Waals surface area contributed by atoms with Crippen LogP contribution in [0, 0.1) is 13.8 Å². The van der Waals surface area contributed by atoms with Crippen molar-refractivity contribution in [1.82, 2.24) is 4.98 Å². The van der Waals surface area contributed by atoms with Crippen LogP contribution in [0.15, 0.2) is 41.4 Å². The fourth-order valence-electron chi connectivity index (χ4n) is 1.55. The normalized spacial score (nSPS) is 11.3. The molecule has 0 amide bonds. The van der Waals surface area contributed by atoms with Crippen LogP contribution in [-0.2, 0) is 10.0 Å². The van der Waals surface area contributed by atoms with E-state index in [1.807, 2.05) is 13.8 Å². The number of sulfonamides is 1. The van der Waals surface area contributed by atoms with Gasteiger partial charge in [-0.15, -0.1) is 0 Å². The molecule has 1 heterocycles. The summed E-state index contributed by atoms with van der Waals surface area (Å²) in [4.78, 5) is 4.03. The fraction of sp³-hybridized carbons (Fsp3) is 0.154. The number of pyridine rings is 1. The number of nitrogens with one attached hydrogen (secondary N) is 1. The Balaban J connectivity index is 2.38. The molecular weight excluding hydrogens is 284 g/mol. The number of hydrogen-bond donors (Lipinski definition) is 1. The SMILES string of the molecule is Cc1ccc(S(=O)(=O)Nc2cccnc2Cl)cc1C. The third-order valence-corrected chi connectivity index (χ3v) is 4.46. The molecule has 0 spiro atoms. The summed E-state index contributed by atoms with van der Waals surface area (Å²) >= 11 is 5.84. The van der Waals surface area contributed by atoms with Crippen LogP contribution in [0.5, 0.6) is 0 Å². The van der Waals surface area contributed by atoms with E-state index in [4.69, 9.17) is 11.6 Å². The van der Waals surface area contributed by atoms with Crippen molar-refractivity contribution in [3.05, 3.63) is 52.8 Å². The lowest BCUT2D eigenvalue weighted by molar-refractivity contribution is 0.601. The number of hydrogen-bond acceptors (Lipinski definition) is 3. The third-order valence-electron chi connectivity index (χ3n) is 2.79. The van der Waals surface area contributed by atoms with Crippen LogP contribution in [-0.4, -0.2) is 13.4 Å². The summed E-state index contributed by atoms with van der Waals surface area (Å²) in [5.74, 6) is 0. The van der Waals surface area contributed by atoms with Gasteiger partial charge < -0.3 is 0 Å². The van der Waals surface area contributed by atoms with Gasteiger partial charge in [0.05, 0.1) is 10.6 Å². The van der Waals surface area contributed by atoms with Crippen molar-refractivity contribution in [2.24, 2.45) is 0 Å². The van der Waals surface area contributed by atoms with Crippen molar-refractivity contribution in [3.63, 3.8) is 0 Å².